The summed E-state index contributed by atoms with van der Waals surface area (Å²) in [6.45, 7) is -0.440. The molecule has 0 spiro atoms. The molecule has 0 bridgehead atoms. The van der Waals surface area contributed by atoms with Crippen LogP contribution < -0.4 is 4.74 Å². The highest BCUT2D eigenvalue weighted by Gasteiger charge is 2.51. The van der Waals surface area contributed by atoms with Crippen molar-refractivity contribution < 1.29 is 23.9 Å². The normalized spacial score (nSPS) is 20.1. The summed E-state index contributed by atoms with van der Waals surface area (Å²) in [6.07, 6.45) is 2.95. The number of methoxy groups -OCH3 is 1. The highest BCUT2D eigenvalue weighted by atomic mass is 35.5. The van der Waals surface area contributed by atoms with Crippen molar-refractivity contribution in [3.63, 3.8) is 0 Å². The molecule has 2 aromatic carbocycles. The monoisotopic (exact) mass is 454 g/mol. The molecule has 8 heteroatoms. The van der Waals surface area contributed by atoms with Crippen LogP contribution in [0.4, 0.5) is 0 Å². The Morgan fingerprint density at radius 1 is 0.938 bits per heavy atom. The molecule has 2 aliphatic rings. The molecule has 0 aromatic heterocycles. The fraction of sp³-hybridized carbons (Fsp3) is 0.333. The average molecular weight is 455 g/mol. The number of nitrogens with zero attached hydrogens (tertiary/aromatic N) is 2. The molecule has 0 unspecified atom stereocenters. The lowest BCUT2D eigenvalue weighted by molar-refractivity contribution is -0.154. The number of benzene rings is 2. The molecule has 2 atom stereocenters. The summed E-state index contributed by atoms with van der Waals surface area (Å²) in [5.41, 5.74) is 0.573. The lowest BCUT2D eigenvalue weighted by Gasteiger charge is -2.30. The van der Waals surface area contributed by atoms with Crippen molar-refractivity contribution in [3.05, 3.63) is 64.7 Å². The van der Waals surface area contributed by atoms with Gasteiger partial charge in [0.15, 0.2) is 5.78 Å². The number of hydrazine groups is 1. The Morgan fingerprint density at radius 3 is 2.00 bits per heavy atom. The first-order valence-corrected chi connectivity index (χ1v) is 10.9. The van der Waals surface area contributed by atoms with Crippen molar-refractivity contribution in [1.29, 1.82) is 0 Å². The Morgan fingerprint density at radius 2 is 1.47 bits per heavy atom. The highest BCUT2D eigenvalue weighted by molar-refractivity contribution is 6.30. The first kappa shape index (κ1) is 22.0. The second kappa shape index (κ2) is 9.12. The summed E-state index contributed by atoms with van der Waals surface area (Å²) in [4.78, 5) is 52.7. The number of hydrogen-bond acceptors (Lipinski definition) is 5. The average Bonchev–Trinajstić information content (AvgIpc) is 3.07. The van der Waals surface area contributed by atoms with E-state index in [0.29, 0.717) is 29.2 Å². The number of rotatable bonds is 6. The maximum atomic E-state index is 13.4. The van der Waals surface area contributed by atoms with E-state index >= 15 is 0 Å². The van der Waals surface area contributed by atoms with Crippen molar-refractivity contribution in [2.75, 3.05) is 13.7 Å². The Balaban J connectivity index is 1.67. The molecule has 1 aliphatic carbocycles. The molecule has 166 valence electrons. The fourth-order valence-corrected chi connectivity index (χ4v) is 4.49. The molecule has 0 N–H and O–H groups in total. The Labute approximate surface area is 190 Å². The summed E-state index contributed by atoms with van der Waals surface area (Å²) >= 11 is 5.93. The van der Waals surface area contributed by atoms with Crippen LogP contribution in [0.25, 0.3) is 0 Å². The van der Waals surface area contributed by atoms with Gasteiger partial charge in [0.25, 0.3) is 17.7 Å². The van der Waals surface area contributed by atoms with Crippen LogP contribution >= 0.6 is 11.6 Å². The van der Waals surface area contributed by atoms with Crippen LogP contribution in [0.15, 0.2) is 48.5 Å². The maximum Gasteiger partial charge on any atom is 0.273 e. The zero-order valence-electron chi connectivity index (χ0n) is 17.6. The van der Waals surface area contributed by atoms with E-state index in [2.05, 4.69) is 0 Å². The number of amides is 3. The lowest BCUT2D eigenvalue weighted by atomic mass is 9.81. The molecule has 1 heterocycles. The predicted octanol–water partition coefficient (Wildman–Crippen LogP) is 3.76. The van der Waals surface area contributed by atoms with E-state index in [9.17, 15) is 19.2 Å². The minimum atomic E-state index is -0.608. The van der Waals surface area contributed by atoms with Crippen LogP contribution in [0.1, 0.15) is 46.4 Å². The van der Waals surface area contributed by atoms with E-state index < -0.39 is 41.9 Å². The molecule has 2 fully saturated rings. The Hall–Kier alpha value is -3.19. The van der Waals surface area contributed by atoms with Gasteiger partial charge in [-0.05, 0) is 61.4 Å². The molecular formula is C24H23ClN2O5. The zero-order chi connectivity index (χ0) is 22.8. The smallest absolute Gasteiger partial charge is 0.273 e. The molecule has 1 saturated heterocycles. The number of fused-ring (bicyclic) bond motifs is 1. The molecule has 3 amide bonds. The maximum absolute atomic E-state index is 13.4. The quantitative estimate of drug-likeness (QED) is 0.490. The third-order valence-electron chi connectivity index (χ3n) is 6.09. The highest BCUT2D eigenvalue weighted by Crippen LogP contribution is 2.39. The van der Waals surface area contributed by atoms with Crippen LogP contribution in [0.5, 0.6) is 5.75 Å². The summed E-state index contributed by atoms with van der Waals surface area (Å²) in [6, 6.07) is 12.6. The number of carbonyl (C=O) groups is 4. The number of carbonyl (C=O) groups excluding carboxylic acids is 4. The van der Waals surface area contributed by atoms with Crippen LogP contribution in [-0.2, 0) is 9.59 Å². The Bertz CT molecular complexity index is 1030. The van der Waals surface area contributed by atoms with Gasteiger partial charge in [0.05, 0.1) is 18.9 Å². The second-order valence-corrected chi connectivity index (χ2v) is 8.44. The summed E-state index contributed by atoms with van der Waals surface area (Å²) in [7, 11) is 1.52. The fourth-order valence-electron chi connectivity index (χ4n) is 4.36. The van der Waals surface area contributed by atoms with Gasteiger partial charge in [-0.15, -0.1) is 0 Å². The van der Waals surface area contributed by atoms with Gasteiger partial charge in [-0.3, -0.25) is 19.2 Å². The van der Waals surface area contributed by atoms with Gasteiger partial charge in [-0.25, -0.2) is 5.01 Å². The van der Waals surface area contributed by atoms with E-state index in [1.807, 2.05) is 0 Å². The van der Waals surface area contributed by atoms with Crippen LogP contribution in [0.2, 0.25) is 5.02 Å². The first-order valence-electron chi connectivity index (χ1n) is 10.5. The molecular weight excluding hydrogens is 432 g/mol. The molecule has 0 radical (unpaired) electrons. The molecule has 2 aromatic rings. The summed E-state index contributed by atoms with van der Waals surface area (Å²) in [5.74, 6) is -2.12. The van der Waals surface area contributed by atoms with E-state index in [0.717, 1.165) is 22.9 Å². The lowest BCUT2D eigenvalue weighted by Crippen LogP contribution is -2.52. The molecule has 7 nitrogen and oxygen atoms in total. The van der Waals surface area contributed by atoms with Crippen LogP contribution in [0.3, 0.4) is 0 Å². The van der Waals surface area contributed by atoms with Crippen molar-refractivity contribution in [1.82, 2.24) is 10.0 Å². The second-order valence-electron chi connectivity index (χ2n) is 8.01. The van der Waals surface area contributed by atoms with E-state index in [-0.39, 0.29) is 5.56 Å². The molecule has 32 heavy (non-hydrogen) atoms. The zero-order valence-corrected chi connectivity index (χ0v) is 18.4. The largest absolute Gasteiger partial charge is 0.497 e. The van der Waals surface area contributed by atoms with Crippen molar-refractivity contribution in [2.45, 2.75) is 25.7 Å². The van der Waals surface area contributed by atoms with Crippen molar-refractivity contribution in [2.24, 2.45) is 11.8 Å². The third-order valence-corrected chi connectivity index (χ3v) is 6.34. The van der Waals surface area contributed by atoms with E-state index in [4.69, 9.17) is 16.3 Å². The molecule has 1 saturated carbocycles. The number of halogens is 1. The van der Waals surface area contributed by atoms with Gasteiger partial charge < -0.3 is 4.74 Å². The van der Waals surface area contributed by atoms with Gasteiger partial charge in [0, 0.05) is 16.1 Å². The Kier molecular flexibility index (Phi) is 6.28. The van der Waals surface area contributed by atoms with Crippen LogP contribution in [-0.4, -0.2) is 47.2 Å². The number of Topliss-reactive ketones (excluding diaryl/α,β-unsaturated/α-hetero) is 1. The summed E-state index contributed by atoms with van der Waals surface area (Å²) < 4.78 is 5.12. The number of ether oxygens (including phenoxy) is 1. The minimum absolute atomic E-state index is 0.229. The van der Waals surface area contributed by atoms with Gasteiger partial charge in [-0.2, -0.15) is 5.01 Å². The van der Waals surface area contributed by atoms with E-state index in [1.54, 1.807) is 36.4 Å². The SMILES string of the molecule is COc1ccc(C(=O)CN(C(=O)c2ccc(Cl)cc2)N2C(=O)[C@H]3CCCC[C@H]3C2=O)cc1. The standard InChI is InChI=1S/C24H23ClN2O5/c1-32-18-12-8-15(9-13-18)21(28)14-26(22(29)16-6-10-17(25)11-7-16)27-23(30)19-4-2-3-5-20(19)24(27)31/h6-13,19-20H,2-5,14H2,1H3/t19-,20+. The van der Waals surface area contributed by atoms with Crippen molar-refractivity contribution >= 4 is 35.1 Å². The molecule has 4 rings (SSSR count). The minimum Gasteiger partial charge on any atom is -0.497 e. The van der Waals surface area contributed by atoms with Gasteiger partial charge in [0.1, 0.15) is 12.3 Å². The van der Waals surface area contributed by atoms with Gasteiger partial charge in [0.2, 0.25) is 0 Å². The number of hydrogen-bond donors (Lipinski definition) is 0. The summed E-state index contributed by atoms with van der Waals surface area (Å²) in [5, 5.41) is 2.33. The molecule has 1 aliphatic heterocycles. The first-order chi connectivity index (χ1) is 15.4. The number of imide groups is 1. The van der Waals surface area contributed by atoms with E-state index in [1.165, 1.54) is 19.2 Å². The topological polar surface area (TPSA) is 84.0 Å². The van der Waals surface area contributed by atoms with Crippen LogP contribution in [0, 0.1) is 11.8 Å². The predicted molar refractivity (Wildman–Crippen MR) is 117 cm³/mol. The van der Waals surface area contributed by atoms with Gasteiger partial charge >= 0.3 is 0 Å². The van der Waals surface area contributed by atoms with Crippen molar-refractivity contribution in [3.8, 4) is 5.75 Å². The van der Waals surface area contributed by atoms with Gasteiger partial charge in [-0.1, -0.05) is 24.4 Å². The number of ketones is 1. The third kappa shape index (κ3) is 4.12.